The zero-order valence-electron chi connectivity index (χ0n) is 9.14. The second-order valence-electron chi connectivity index (χ2n) is 3.28. The Labute approximate surface area is 102 Å². The minimum atomic E-state index is -0.472. The van der Waals surface area contributed by atoms with Gasteiger partial charge in [-0.25, -0.2) is 5.84 Å². The first-order valence-electron chi connectivity index (χ1n) is 4.86. The van der Waals surface area contributed by atoms with Crippen LogP contribution >= 0.6 is 11.8 Å². The van der Waals surface area contributed by atoms with Crippen LogP contribution in [0.2, 0.25) is 0 Å². The number of nitrogen functional groups attached to an aromatic ring is 1. The molecule has 6 heteroatoms. The Kier molecular flexibility index (Phi) is 3.46. The minimum absolute atomic E-state index is 0.163. The summed E-state index contributed by atoms with van der Waals surface area (Å²) in [7, 11) is 0. The molecule has 0 radical (unpaired) electrons. The zero-order valence-corrected chi connectivity index (χ0v) is 9.95. The summed E-state index contributed by atoms with van der Waals surface area (Å²) in [6, 6.07) is 9.33. The van der Waals surface area contributed by atoms with Gasteiger partial charge in [0.15, 0.2) is 11.5 Å². The average Bonchev–Trinajstić information content (AvgIpc) is 2.87. The smallest absolute Gasteiger partial charge is 0.287 e. The molecule has 0 aliphatic heterocycles. The molecule has 0 spiro atoms. The molecular weight excluding hydrogens is 238 g/mol. The van der Waals surface area contributed by atoms with Crippen molar-refractivity contribution in [3.8, 4) is 11.3 Å². The molecule has 0 fully saturated rings. The number of thioether (sulfide) groups is 1. The van der Waals surface area contributed by atoms with Gasteiger partial charge < -0.3 is 4.52 Å². The predicted molar refractivity (Wildman–Crippen MR) is 65.4 cm³/mol. The van der Waals surface area contributed by atoms with Crippen LogP contribution in [0, 0.1) is 0 Å². The maximum absolute atomic E-state index is 11.2. The summed E-state index contributed by atoms with van der Waals surface area (Å²) in [6.45, 7) is 0. The molecule has 0 unspecified atom stereocenters. The number of hydrogen-bond acceptors (Lipinski definition) is 5. The van der Waals surface area contributed by atoms with Gasteiger partial charge in [-0.1, -0.05) is 17.3 Å². The van der Waals surface area contributed by atoms with Gasteiger partial charge in [0, 0.05) is 16.5 Å². The van der Waals surface area contributed by atoms with Crippen LogP contribution in [0.15, 0.2) is 39.8 Å². The number of carbonyl (C=O) groups excluding carboxylic acids is 1. The number of nitrogens with one attached hydrogen (secondary N) is 1. The lowest BCUT2D eigenvalue weighted by molar-refractivity contribution is 0.0944. The largest absolute Gasteiger partial charge is 0.355 e. The van der Waals surface area contributed by atoms with E-state index in [1.165, 1.54) is 0 Å². The molecule has 0 bridgehead atoms. The van der Waals surface area contributed by atoms with Crippen molar-refractivity contribution in [3.63, 3.8) is 0 Å². The Bertz CT molecular complexity index is 522. The molecule has 0 aliphatic rings. The molecule has 1 aromatic heterocycles. The lowest BCUT2D eigenvalue weighted by Crippen LogP contribution is -2.30. The quantitative estimate of drug-likeness (QED) is 0.374. The van der Waals surface area contributed by atoms with Gasteiger partial charge in [0.1, 0.15) is 0 Å². The molecule has 0 aliphatic carbocycles. The van der Waals surface area contributed by atoms with E-state index in [0.717, 1.165) is 10.5 Å². The third-order valence-corrected chi connectivity index (χ3v) is 2.99. The molecule has 1 amide bonds. The van der Waals surface area contributed by atoms with E-state index < -0.39 is 5.91 Å². The summed E-state index contributed by atoms with van der Waals surface area (Å²) in [4.78, 5) is 12.4. The van der Waals surface area contributed by atoms with E-state index in [-0.39, 0.29) is 5.69 Å². The highest BCUT2D eigenvalue weighted by Gasteiger charge is 2.12. The highest BCUT2D eigenvalue weighted by atomic mass is 32.2. The topological polar surface area (TPSA) is 81.2 Å². The molecule has 0 atom stereocenters. The van der Waals surface area contributed by atoms with Crippen molar-refractivity contribution >= 4 is 17.7 Å². The second kappa shape index (κ2) is 5.03. The van der Waals surface area contributed by atoms with Crippen LogP contribution in [0.4, 0.5) is 0 Å². The van der Waals surface area contributed by atoms with E-state index in [0.29, 0.717) is 5.76 Å². The van der Waals surface area contributed by atoms with Crippen molar-refractivity contribution in [1.82, 2.24) is 10.6 Å². The fourth-order valence-corrected chi connectivity index (χ4v) is 1.76. The van der Waals surface area contributed by atoms with Gasteiger partial charge in [-0.05, 0) is 18.4 Å². The molecule has 17 heavy (non-hydrogen) atoms. The standard InChI is InChI=1S/C11H11N3O2S/c1-17-8-4-2-7(3-5-8)10-6-9(14-16-10)11(15)13-12/h2-6H,12H2,1H3,(H,13,15). The number of nitrogens with zero attached hydrogens (tertiary/aromatic N) is 1. The number of nitrogens with two attached hydrogens (primary N) is 1. The van der Waals surface area contributed by atoms with Crippen molar-refractivity contribution in [1.29, 1.82) is 0 Å². The summed E-state index contributed by atoms with van der Waals surface area (Å²) in [5.41, 5.74) is 3.03. The molecule has 0 saturated carbocycles. The maximum Gasteiger partial charge on any atom is 0.287 e. The number of rotatable bonds is 3. The van der Waals surface area contributed by atoms with E-state index in [1.807, 2.05) is 35.9 Å². The number of hydrazine groups is 1. The van der Waals surface area contributed by atoms with Gasteiger partial charge in [-0.3, -0.25) is 10.2 Å². The number of hydrogen-bond donors (Lipinski definition) is 2. The fraction of sp³-hybridized carbons (Fsp3) is 0.0909. The average molecular weight is 249 g/mol. The molecule has 5 nitrogen and oxygen atoms in total. The molecule has 2 aromatic rings. The molecule has 0 saturated heterocycles. The van der Waals surface area contributed by atoms with E-state index in [2.05, 4.69) is 5.16 Å². The van der Waals surface area contributed by atoms with Crippen LogP contribution in [-0.2, 0) is 0 Å². The predicted octanol–water partition coefficient (Wildman–Crippen LogP) is 1.67. The van der Waals surface area contributed by atoms with E-state index >= 15 is 0 Å². The first kappa shape index (κ1) is 11.7. The van der Waals surface area contributed by atoms with E-state index in [1.54, 1.807) is 17.8 Å². The third kappa shape index (κ3) is 2.48. The Morgan fingerprint density at radius 3 is 2.71 bits per heavy atom. The highest BCUT2D eigenvalue weighted by Crippen LogP contribution is 2.23. The molecule has 3 N–H and O–H groups in total. The van der Waals surface area contributed by atoms with Gasteiger partial charge in [0.25, 0.3) is 5.91 Å². The molecule has 1 heterocycles. The lowest BCUT2D eigenvalue weighted by atomic mass is 10.1. The van der Waals surface area contributed by atoms with Crippen LogP contribution in [0.25, 0.3) is 11.3 Å². The van der Waals surface area contributed by atoms with Crippen LogP contribution in [-0.4, -0.2) is 17.3 Å². The minimum Gasteiger partial charge on any atom is -0.355 e. The molecule has 2 rings (SSSR count). The summed E-state index contributed by atoms with van der Waals surface area (Å²) in [5, 5.41) is 3.63. The Morgan fingerprint density at radius 2 is 2.12 bits per heavy atom. The molecular formula is C11H11N3O2S. The Hall–Kier alpha value is -1.79. The lowest BCUT2D eigenvalue weighted by Gasteiger charge is -1.97. The van der Waals surface area contributed by atoms with Gasteiger partial charge in [0.05, 0.1) is 0 Å². The van der Waals surface area contributed by atoms with Crippen molar-refractivity contribution in [3.05, 3.63) is 36.0 Å². The summed E-state index contributed by atoms with van der Waals surface area (Å²) in [5.74, 6) is 5.07. The van der Waals surface area contributed by atoms with Gasteiger partial charge in [-0.2, -0.15) is 0 Å². The van der Waals surface area contributed by atoms with E-state index in [9.17, 15) is 4.79 Å². The number of benzene rings is 1. The first-order chi connectivity index (χ1) is 8.24. The van der Waals surface area contributed by atoms with Crippen molar-refractivity contribution in [2.75, 3.05) is 6.26 Å². The third-order valence-electron chi connectivity index (χ3n) is 2.25. The second-order valence-corrected chi connectivity index (χ2v) is 4.16. The monoisotopic (exact) mass is 249 g/mol. The first-order valence-corrected chi connectivity index (χ1v) is 6.09. The summed E-state index contributed by atoms with van der Waals surface area (Å²) < 4.78 is 5.07. The number of carbonyl (C=O) groups is 1. The SMILES string of the molecule is CSc1ccc(-c2cc(C(=O)NN)no2)cc1. The van der Waals surface area contributed by atoms with Crippen molar-refractivity contribution < 1.29 is 9.32 Å². The fourth-order valence-electron chi connectivity index (χ4n) is 1.35. The highest BCUT2D eigenvalue weighted by molar-refractivity contribution is 7.98. The summed E-state index contributed by atoms with van der Waals surface area (Å²) >= 11 is 1.66. The normalized spacial score (nSPS) is 10.2. The molecule has 88 valence electrons. The zero-order chi connectivity index (χ0) is 12.3. The van der Waals surface area contributed by atoms with Crippen LogP contribution in [0.1, 0.15) is 10.5 Å². The summed E-state index contributed by atoms with van der Waals surface area (Å²) in [6.07, 6.45) is 2.01. The van der Waals surface area contributed by atoms with Crippen LogP contribution in [0.5, 0.6) is 0 Å². The van der Waals surface area contributed by atoms with Gasteiger partial charge in [0.2, 0.25) is 0 Å². The van der Waals surface area contributed by atoms with Crippen molar-refractivity contribution in [2.45, 2.75) is 4.90 Å². The van der Waals surface area contributed by atoms with Gasteiger partial charge >= 0.3 is 0 Å². The Morgan fingerprint density at radius 1 is 1.41 bits per heavy atom. The number of aromatic nitrogens is 1. The van der Waals surface area contributed by atoms with Crippen LogP contribution < -0.4 is 11.3 Å². The van der Waals surface area contributed by atoms with Crippen molar-refractivity contribution in [2.24, 2.45) is 5.84 Å². The molecule has 1 aromatic carbocycles. The Balaban J connectivity index is 2.27. The number of amides is 1. The van der Waals surface area contributed by atoms with E-state index in [4.69, 9.17) is 10.4 Å². The van der Waals surface area contributed by atoms with Crippen LogP contribution in [0.3, 0.4) is 0 Å². The van der Waals surface area contributed by atoms with Gasteiger partial charge in [-0.15, -0.1) is 11.8 Å². The maximum atomic E-state index is 11.2.